The van der Waals surface area contributed by atoms with E-state index in [0.29, 0.717) is 18.4 Å². The third-order valence-corrected chi connectivity index (χ3v) is 10.5. The third-order valence-electron chi connectivity index (χ3n) is 10.5. The minimum Gasteiger partial charge on any atom is -0.476 e. The van der Waals surface area contributed by atoms with E-state index < -0.39 is 11.9 Å². The highest BCUT2D eigenvalue weighted by Gasteiger charge is 2.37. The van der Waals surface area contributed by atoms with Gasteiger partial charge in [-0.2, -0.15) is 5.10 Å². The maximum absolute atomic E-state index is 13.7. The number of aryl methyl sites for hydroxylation is 2. The number of carbonyl (C=O) groups is 1. The summed E-state index contributed by atoms with van der Waals surface area (Å²) in [5.41, 5.74) is 13.0. The summed E-state index contributed by atoms with van der Waals surface area (Å²) in [7, 11) is 0. The quantitative estimate of drug-likeness (QED) is 0.198. The van der Waals surface area contributed by atoms with Gasteiger partial charge in [0.2, 0.25) is 5.92 Å². The number of aromatic nitrogens is 2. The van der Waals surface area contributed by atoms with Crippen molar-refractivity contribution in [3.63, 3.8) is 0 Å². The molecule has 1 aliphatic heterocycles. The lowest BCUT2D eigenvalue weighted by Gasteiger charge is -2.39. The molecular weight excluding hydrogens is 592 g/mol. The maximum atomic E-state index is 13.7. The Morgan fingerprint density at radius 1 is 0.957 bits per heavy atom. The molecule has 2 aliphatic rings. The summed E-state index contributed by atoms with van der Waals surface area (Å²) in [6.07, 6.45) is 4.80. The lowest BCUT2D eigenvalue weighted by molar-refractivity contribution is -0.0552. The van der Waals surface area contributed by atoms with E-state index in [4.69, 9.17) is 0 Å². The van der Waals surface area contributed by atoms with Crippen LogP contribution < -0.4 is 0 Å². The van der Waals surface area contributed by atoms with Crippen LogP contribution in [0.5, 0.6) is 0 Å². The largest absolute Gasteiger partial charge is 0.476 e. The van der Waals surface area contributed by atoms with Gasteiger partial charge in [0.25, 0.3) is 0 Å². The van der Waals surface area contributed by atoms with Gasteiger partial charge in [-0.05, 0) is 111 Å². The summed E-state index contributed by atoms with van der Waals surface area (Å²) < 4.78 is 29.3. The highest BCUT2D eigenvalue weighted by molar-refractivity contribution is 5.90. The molecule has 0 spiro atoms. The summed E-state index contributed by atoms with van der Waals surface area (Å²) in [6, 6.07) is 20.1. The van der Waals surface area contributed by atoms with Crippen molar-refractivity contribution < 1.29 is 18.7 Å². The SMILES string of the molecule is CCc1c(-c2cccc(C)c2CCc2ccc3c(c2)CCN(C2CCC(F)(F)CC2)C3)cccc1-c1c(C)c(C(=O)O)nn1C(C)C. The van der Waals surface area contributed by atoms with Crippen LogP contribution in [-0.4, -0.2) is 44.3 Å². The molecule has 3 aromatic carbocycles. The molecule has 2 heterocycles. The molecule has 0 unspecified atom stereocenters. The van der Waals surface area contributed by atoms with Gasteiger partial charge in [-0.3, -0.25) is 9.58 Å². The van der Waals surface area contributed by atoms with Crippen LogP contribution in [0.25, 0.3) is 22.4 Å². The monoisotopic (exact) mass is 639 g/mol. The number of carboxylic acids is 1. The molecule has 248 valence electrons. The van der Waals surface area contributed by atoms with E-state index in [9.17, 15) is 18.7 Å². The smallest absolute Gasteiger partial charge is 0.356 e. The molecule has 6 rings (SSSR count). The van der Waals surface area contributed by atoms with Crippen molar-refractivity contribution in [1.82, 2.24) is 14.7 Å². The predicted octanol–water partition coefficient (Wildman–Crippen LogP) is 9.40. The molecule has 0 saturated heterocycles. The van der Waals surface area contributed by atoms with Crippen molar-refractivity contribution in [3.05, 3.63) is 99.2 Å². The number of hydrogen-bond acceptors (Lipinski definition) is 3. The van der Waals surface area contributed by atoms with Crippen LogP contribution in [0, 0.1) is 13.8 Å². The summed E-state index contributed by atoms with van der Waals surface area (Å²) in [4.78, 5) is 14.5. The number of nitrogens with zero attached hydrogens (tertiary/aromatic N) is 3. The third kappa shape index (κ3) is 6.64. The van der Waals surface area contributed by atoms with Gasteiger partial charge in [0.1, 0.15) is 0 Å². The van der Waals surface area contributed by atoms with E-state index >= 15 is 0 Å². The van der Waals surface area contributed by atoms with Crippen LogP contribution in [0.15, 0.2) is 54.6 Å². The molecule has 7 heteroatoms. The molecule has 0 atom stereocenters. The Morgan fingerprint density at radius 3 is 2.32 bits per heavy atom. The van der Waals surface area contributed by atoms with E-state index in [-0.39, 0.29) is 30.6 Å². The first-order valence-corrected chi connectivity index (χ1v) is 17.2. The molecular formula is C40H47F2N3O2. The van der Waals surface area contributed by atoms with Gasteiger partial charge < -0.3 is 5.11 Å². The number of halogens is 2. The second-order valence-electron chi connectivity index (χ2n) is 13.9. The second kappa shape index (κ2) is 13.3. The van der Waals surface area contributed by atoms with Crippen molar-refractivity contribution in [1.29, 1.82) is 0 Å². The number of aromatic carboxylic acids is 1. The highest BCUT2D eigenvalue weighted by atomic mass is 19.3. The fourth-order valence-corrected chi connectivity index (χ4v) is 7.90. The van der Waals surface area contributed by atoms with Crippen LogP contribution in [0.4, 0.5) is 8.78 Å². The fraction of sp³-hybridized carbons (Fsp3) is 0.450. The van der Waals surface area contributed by atoms with Crippen molar-refractivity contribution in [2.45, 2.75) is 111 Å². The van der Waals surface area contributed by atoms with Crippen LogP contribution in [0.2, 0.25) is 0 Å². The Bertz CT molecular complexity index is 1780. The number of carboxylic acid groups (broad SMARTS) is 1. The standard InChI is InChI=1S/C40H47F2N3O2/c1-6-32-34(11-8-12-36(32)38-27(5)37(39(46)47)43-45(38)25(2)3)35-10-7-9-26(4)33(35)16-14-28-13-15-30-24-44(22-19-29(30)23-28)31-17-20-40(41,42)21-18-31/h7-13,15,23,25,31H,6,14,16-22,24H2,1-5H3,(H,46,47). The molecule has 1 fully saturated rings. The Balaban J connectivity index is 1.26. The Kier molecular flexibility index (Phi) is 9.39. The van der Waals surface area contributed by atoms with Gasteiger partial charge in [0.05, 0.1) is 5.69 Å². The number of fused-ring (bicyclic) bond motifs is 1. The van der Waals surface area contributed by atoms with Gasteiger partial charge in [-0.1, -0.05) is 61.5 Å². The van der Waals surface area contributed by atoms with E-state index in [1.54, 1.807) is 0 Å². The van der Waals surface area contributed by atoms with Crippen molar-refractivity contribution in [3.8, 4) is 22.4 Å². The van der Waals surface area contributed by atoms with Crippen LogP contribution in [0.1, 0.15) is 102 Å². The van der Waals surface area contributed by atoms with E-state index in [0.717, 1.165) is 50.0 Å². The van der Waals surface area contributed by atoms with Crippen molar-refractivity contribution in [2.24, 2.45) is 0 Å². The van der Waals surface area contributed by atoms with E-state index in [1.165, 1.54) is 44.5 Å². The van der Waals surface area contributed by atoms with Gasteiger partial charge in [0, 0.05) is 49.1 Å². The zero-order valence-corrected chi connectivity index (χ0v) is 28.4. The maximum Gasteiger partial charge on any atom is 0.356 e. The molecule has 0 amide bonds. The number of rotatable bonds is 9. The first kappa shape index (κ1) is 33.1. The average Bonchev–Trinajstić information content (AvgIpc) is 3.40. The lowest BCUT2D eigenvalue weighted by atomic mass is 9.85. The first-order chi connectivity index (χ1) is 22.5. The summed E-state index contributed by atoms with van der Waals surface area (Å²) in [5.74, 6) is -3.49. The summed E-state index contributed by atoms with van der Waals surface area (Å²) in [6.45, 7) is 12.1. The van der Waals surface area contributed by atoms with Gasteiger partial charge >= 0.3 is 5.97 Å². The number of benzene rings is 3. The van der Waals surface area contributed by atoms with Gasteiger partial charge in [-0.15, -0.1) is 0 Å². The molecule has 1 N–H and O–H groups in total. The molecule has 1 saturated carbocycles. The van der Waals surface area contributed by atoms with Gasteiger partial charge in [0.15, 0.2) is 5.69 Å². The number of alkyl halides is 2. The minimum atomic E-state index is -2.49. The molecule has 4 aromatic rings. The van der Waals surface area contributed by atoms with Crippen molar-refractivity contribution in [2.75, 3.05) is 6.54 Å². The van der Waals surface area contributed by atoms with E-state index in [2.05, 4.69) is 78.4 Å². The molecule has 1 aromatic heterocycles. The minimum absolute atomic E-state index is 0.0128. The van der Waals surface area contributed by atoms with Crippen LogP contribution in [-0.2, 0) is 32.2 Å². The normalized spacial score (nSPS) is 16.9. The van der Waals surface area contributed by atoms with E-state index in [1.807, 2.05) is 25.5 Å². The zero-order valence-electron chi connectivity index (χ0n) is 28.4. The first-order valence-electron chi connectivity index (χ1n) is 17.2. The Labute approximate surface area is 277 Å². The topological polar surface area (TPSA) is 58.4 Å². The molecule has 0 radical (unpaired) electrons. The molecule has 1 aliphatic carbocycles. The molecule has 0 bridgehead atoms. The van der Waals surface area contributed by atoms with Crippen molar-refractivity contribution >= 4 is 5.97 Å². The summed E-state index contributed by atoms with van der Waals surface area (Å²) >= 11 is 0. The lowest BCUT2D eigenvalue weighted by Crippen LogP contribution is -2.43. The second-order valence-corrected chi connectivity index (χ2v) is 13.9. The number of hydrogen-bond donors (Lipinski definition) is 1. The Morgan fingerprint density at radius 2 is 1.64 bits per heavy atom. The van der Waals surface area contributed by atoms with Crippen LogP contribution >= 0.6 is 0 Å². The zero-order chi connectivity index (χ0) is 33.5. The van der Waals surface area contributed by atoms with Gasteiger partial charge in [-0.25, -0.2) is 13.6 Å². The Hall–Kier alpha value is -3.84. The average molecular weight is 640 g/mol. The van der Waals surface area contributed by atoms with Crippen LogP contribution in [0.3, 0.4) is 0 Å². The fourth-order valence-electron chi connectivity index (χ4n) is 7.90. The molecule has 5 nitrogen and oxygen atoms in total. The summed E-state index contributed by atoms with van der Waals surface area (Å²) in [5, 5.41) is 14.4. The molecule has 47 heavy (non-hydrogen) atoms. The highest BCUT2D eigenvalue weighted by Crippen LogP contribution is 2.39. The predicted molar refractivity (Wildman–Crippen MR) is 184 cm³/mol.